The monoisotopic (exact) mass is 272 g/mol. The number of ether oxygens (including phenoxy) is 2. The van der Waals surface area contributed by atoms with Crippen LogP contribution in [0.25, 0.3) is 0 Å². The molecule has 0 N–H and O–H groups in total. The fourth-order valence-electron chi connectivity index (χ4n) is 2.92. The summed E-state index contributed by atoms with van der Waals surface area (Å²) >= 11 is 0. The third-order valence-corrected chi connectivity index (χ3v) is 4.02. The van der Waals surface area contributed by atoms with Crippen molar-refractivity contribution >= 4 is 0 Å². The molecule has 0 saturated heterocycles. The fourth-order valence-corrected chi connectivity index (χ4v) is 2.92. The molecule has 0 spiro atoms. The van der Waals surface area contributed by atoms with Gasteiger partial charge in [-0.05, 0) is 12.8 Å². The second kappa shape index (κ2) is 12.9. The SMILES string of the molecule is CCCCCCC(CCCCCC)(COC)COC. The summed E-state index contributed by atoms with van der Waals surface area (Å²) in [5.74, 6) is 0. The van der Waals surface area contributed by atoms with Crippen molar-refractivity contribution in [2.24, 2.45) is 5.41 Å². The molecule has 0 aliphatic heterocycles. The molecule has 0 rings (SSSR count). The van der Waals surface area contributed by atoms with E-state index in [9.17, 15) is 0 Å². The zero-order valence-electron chi connectivity index (χ0n) is 13.8. The Hall–Kier alpha value is -0.0800. The molecule has 0 atom stereocenters. The summed E-state index contributed by atoms with van der Waals surface area (Å²) in [5, 5.41) is 0. The lowest BCUT2D eigenvalue weighted by Crippen LogP contribution is -2.32. The summed E-state index contributed by atoms with van der Waals surface area (Å²) < 4.78 is 11.0. The Bertz CT molecular complexity index is 160. The topological polar surface area (TPSA) is 18.5 Å². The summed E-state index contributed by atoms with van der Waals surface area (Å²) in [7, 11) is 3.64. The van der Waals surface area contributed by atoms with Gasteiger partial charge in [0.2, 0.25) is 0 Å². The maximum absolute atomic E-state index is 5.49. The molecule has 0 aliphatic carbocycles. The van der Waals surface area contributed by atoms with Crippen molar-refractivity contribution in [2.75, 3.05) is 27.4 Å². The van der Waals surface area contributed by atoms with Gasteiger partial charge >= 0.3 is 0 Å². The summed E-state index contributed by atoms with van der Waals surface area (Å²) in [4.78, 5) is 0. The summed E-state index contributed by atoms with van der Waals surface area (Å²) in [6, 6.07) is 0. The molecule has 0 radical (unpaired) electrons. The standard InChI is InChI=1S/C17H36O2/c1-5-7-9-11-13-17(15-18-3,16-19-4)14-12-10-8-6-2/h5-16H2,1-4H3. The van der Waals surface area contributed by atoms with Crippen LogP contribution in [0.5, 0.6) is 0 Å². The van der Waals surface area contributed by atoms with Gasteiger partial charge < -0.3 is 9.47 Å². The predicted molar refractivity (Wildman–Crippen MR) is 83.7 cm³/mol. The van der Waals surface area contributed by atoms with Crippen molar-refractivity contribution in [3.8, 4) is 0 Å². The van der Waals surface area contributed by atoms with Crippen molar-refractivity contribution in [3.05, 3.63) is 0 Å². The van der Waals surface area contributed by atoms with Gasteiger partial charge in [-0.15, -0.1) is 0 Å². The lowest BCUT2D eigenvalue weighted by atomic mass is 9.79. The van der Waals surface area contributed by atoms with Crippen molar-refractivity contribution < 1.29 is 9.47 Å². The summed E-state index contributed by atoms with van der Waals surface area (Å²) in [5.41, 5.74) is 0.255. The van der Waals surface area contributed by atoms with Crippen molar-refractivity contribution in [3.63, 3.8) is 0 Å². The molecule has 0 aromatic rings. The van der Waals surface area contributed by atoms with Crippen LogP contribution >= 0.6 is 0 Å². The van der Waals surface area contributed by atoms with E-state index in [1.54, 1.807) is 0 Å². The molecule has 0 unspecified atom stereocenters. The second-order valence-electron chi connectivity index (χ2n) is 5.99. The first kappa shape index (κ1) is 18.9. The molecule has 0 aromatic heterocycles. The lowest BCUT2D eigenvalue weighted by molar-refractivity contribution is -0.00448. The zero-order chi connectivity index (χ0) is 14.4. The van der Waals surface area contributed by atoms with E-state index in [0.717, 1.165) is 13.2 Å². The van der Waals surface area contributed by atoms with E-state index in [-0.39, 0.29) is 5.41 Å². The van der Waals surface area contributed by atoms with E-state index in [2.05, 4.69) is 13.8 Å². The van der Waals surface area contributed by atoms with E-state index < -0.39 is 0 Å². The van der Waals surface area contributed by atoms with Crippen LogP contribution in [0.4, 0.5) is 0 Å². The Labute approximate surface area is 121 Å². The smallest absolute Gasteiger partial charge is 0.0540 e. The maximum Gasteiger partial charge on any atom is 0.0540 e. The van der Waals surface area contributed by atoms with Crippen LogP contribution in [0, 0.1) is 5.41 Å². The van der Waals surface area contributed by atoms with Crippen molar-refractivity contribution in [1.82, 2.24) is 0 Å². The Morgan fingerprint density at radius 1 is 0.632 bits per heavy atom. The number of hydrogen-bond acceptors (Lipinski definition) is 2. The number of unbranched alkanes of at least 4 members (excludes halogenated alkanes) is 6. The van der Waals surface area contributed by atoms with Crippen LogP contribution in [0.3, 0.4) is 0 Å². The average molecular weight is 272 g/mol. The van der Waals surface area contributed by atoms with Gasteiger partial charge in [0.1, 0.15) is 0 Å². The third-order valence-electron chi connectivity index (χ3n) is 4.02. The molecule has 0 bridgehead atoms. The summed E-state index contributed by atoms with van der Waals surface area (Å²) in [6.45, 7) is 6.22. The molecule has 2 heteroatoms. The van der Waals surface area contributed by atoms with Crippen molar-refractivity contribution in [2.45, 2.75) is 78.1 Å². The highest BCUT2D eigenvalue weighted by Gasteiger charge is 2.29. The molecule has 2 nitrogen and oxygen atoms in total. The first-order chi connectivity index (χ1) is 9.24. The van der Waals surface area contributed by atoms with Gasteiger partial charge in [-0.25, -0.2) is 0 Å². The molecule has 0 fully saturated rings. The third kappa shape index (κ3) is 9.45. The van der Waals surface area contributed by atoms with Crippen LogP contribution in [-0.4, -0.2) is 27.4 Å². The van der Waals surface area contributed by atoms with Crippen LogP contribution in [-0.2, 0) is 9.47 Å². The molecule has 0 aliphatic rings. The highest BCUT2D eigenvalue weighted by Crippen LogP contribution is 2.32. The Morgan fingerprint density at radius 2 is 1.05 bits per heavy atom. The van der Waals surface area contributed by atoms with Gasteiger partial charge in [-0.2, -0.15) is 0 Å². The average Bonchev–Trinajstić information content (AvgIpc) is 2.41. The van der Waals surface area contributed by atoms with E-state index >= 15 is 0 Å². The van der Waals surface area contributed by atoms with Crippen LogP contribution < -0.4 is 0 Å². The molecule has 19 heavy (non-hydrogen) atoms. The molecule has 0 aromatic carbocycles. The van der Waals surface area contributed by atoms with Crippen molar-refractivity contribution in [1.29, 1.82) is 0 Å². The van der Waals surface area contributed by atoms with E-state index in [1.165, 1.54) is 64.2 Å². The van der Waals surface area contributed by atoms with Gasteiger partial charge in [-0.3, -0.25) is 0 Å². The molecule has 0 heterocycles. The van der Waals surface area contributed by atoms with E-state index in [1.807, 2.05) is 14.2 Å². The second-order valence-corrected chi connectivity index (χ2v) is 5.99. The zero-order valence-corrected chi connectivity index (χ0v) is 13.8. The quantitative estimate of drug-likeness (QED) is 0.404. The van der Waals surface area contributed by atoms with E-state index in [4.69, 9.17) is 9.47 Å². The molecular weight excluding hydrogens is 236 g/mol. The fraction of sp³-hybridized carbons (Fsp3) is 1.00. The lowest BCUT2D eigenvalue weighted by Gasteiger charge is -2.33. The first-order valence-electron chi connectivity index (χ1n) is 8.22. The summed E-state index contributed by atoms with van der Waals surface area (Å²) in [6.07, 6.45) is 13.1. The minimum atomic E-state index is 0.255. The van der Waals surface area contributed by atoms with Crippen LogP contribution in [0.1, 0.15) is 78.1 Å². The highest BCUT2D eigenvalue weighted by molar-refractivity contribution is 4.79. The van der Waals surface area contributed by atoms with Gasteiger partial charge in [-0.1, -0.05) is 65.2 Å². The maximum atomic E-state index is 5.49. The number of methoxy groups -OCH3 is 2. The first-order valence-corrected chi connectivity index (χ1v) is 8.22. The largest absolute Gasteiger partial charge is 0.384 e. The van der Waals surface area contributed by atoms with Gasteiger partial charge in [0.25, 0.3) is 0 Å². The number of rotatable bonds is 14. The highest BCUT2D eigenvalue weighted by atomic mass is 16.5. The van der Waals surface area contributed by atoms with Crippen LogP contribution in [0.2, 0.25) is 0 Å². The Morgan fingerprint density at radius 3 is 1.37 bits per heavy atom. The molecule has 0 saturated carbocycles. The van der Waals surface area contributed by atoms with Gasteiger partial charge in [0.05, 0.1) is 13.2 Å². The van der Waals surface area contributed by atoms with Gasteiger partial charge in [0, 0.05) is 19.6 Å². The van der Waals surface area contributed by atoms with Crippen LogP contribution in [0.15, 0.2) is 0 Å². The molecular formula is C17H36O2. The number of hydrogen-bond donors (Lipinski definition) is 0. The predicted octanol–water partition coefficient (Wildman–Crippen LogP) is 5.21. The Balaban J connectivity index is 4.22. The minimum Gasteiger partial charge on any atom is -0.384 e. The molecule has 0 amide bonds. The van der Waals surface area contributed by atoms with E-state index in [0.29, 0.717) is 0 Å². The minimum absolute atomic E-state index is 0.255. The normalized spacial score (nSPS) is 12.0. The Kier molecular flexibility index (Phi) is 12.9. The molecule has 116 valence electrons. The van der Waals surface area contributed by atoms with Gasteiger partial charge in [0.15, 0.2) is 0 Å².